The summed E-state index contributed by atoms with van der Waals surface area (Å²) in [6.45, 7) is 10.0. The lowest BCUT2D eigenvalue weighted by atomic mass is 9.79. The minimum atomic E-state index is 0. The molecule has 0 spiro atoms. The number of aryl methyl sites for hydroxylation is 1. The normalized spacial score (nSPS) is 20.4. The number of likely N-dealkylation sites (tertiary alicyclic amines) is 1. The number of aliphatic imine (C=N–C) groups is 1. The number of rotatable bonds is 7. The molecule has 8 heteroatoms. The molecule has 1 saturated carbocycles. The van der Waals surface area contributed by atoms with E-state index in [2.05, 4.69) is 39.6 Å². The molecule has 1 aromatic heterocycles. The van der Waals surface area contributed by atoms with Crippen LogP contribution in [0.3, 0.4) is 0 Å². The zero-order valence-electron chi connectivity index (χ0n) is 17.6. The van der Waals surface area contributed by atoms with Crippen LogP contribution in [0.25, 0.3) is 0 Å². The van der Waals surface area contributed by atoms with Crippen LogP contribution in [-0.2, 0) is 13.1 Å². The Balaban J connectivity index is 0.00000280. The van der Waals surface area contributed by atoms with Gasteiger partial charge in [-0.25, -0.2) is 4.99 Å². The Morgan fingerprint density at radius 1 is 1.07 bits per heavy atom. The second kappa shape index (κ2) is 11.9. The molecule has 0 atom stereocenters. The molecule has 3 rings (SSSR count). The first kappa shape index (κ1) is 23.4. The van der Waals surface area contributed by atoms with Crippen LogP contribution < -0.4 is 10.6 Å². The minimum absolute atomic E-state index is 0. The molecular formula is C20H38IN7. The summed E-state index contributed by atoms with van der Waals surface area (Å²) in [6.07, 6.45) is 12.6. The monoisotopic (exact) mass is 503 g/mol. The topological polar surface area (TPSA) is 70.4 Å². The van der Waals surface area contributed by atoms with Crippen LogP contribution in [0.5, 0.6) is 0 Å². The summed E-state index contributed by atoms with van der Waals surface area (Å²) in [5.41, 5.74) is 0.304. The Bertz CT molecular complexity index is 589. The molecule has 0 unspecified atom stereocenters. The van der Waals surface area contributed by atoms with Crippen molar-refractivity contribution < 1.29 is 0 Å². The van der Waals surface area contributed by atoms with E-state index in [1.165, 1.54) is 64.5 Å². The van der Waals surface area contributed by atoms with E-state index in [4.69, 9.17) is 4.99 Å². The van der Waals surface area contributed by atoms with Gasteiger partial charge in [-0.1, -0.05) is 25.7 Å². The maximum atomic E-state index is 4.78. The molecule has 0 bridgehead atoms. The van der Waals surface area contributed by atoms with E-state index in [0.29, 0.717) is 12.1 Å². The van der Waals surface area contributed by atoms with E-state index in [-0.39, 0.29) is 24.0 Å². The molecule has 1 aliphatic carbocycles. The highest BCUT2D eigenvalue weighted by Crippen LogP contribution is 2.35. The molecule has 1 aliphatic heterocycles. The molecule has 0 amide bonds. The molecule has 2 aliphatic rings. The quantitative estimate of drug-likeness (QED) is 0.340. The number of piperidine rings is 1. The van der Waals surface area contributed by atoms with Gasteiger partial charge in [-0.15, -0.1) is 34.2 Å². The lowest BCUT2D eigenvalue weighted by Crippen LogP contribution is -2.59. The molecule has 1 saturated heterocycles. The summed E-state index contributed by atoms with van der Waals surface area (Å²) < 4.78 is 2.05. The summed E-state index contributed by atoms with van der Waals surface area (Å²) in [4.78, 5) is 7.56. The Morgan fingerprint density at radius 2 is 1.79 bits per heavy atom. The van der Waals surface area contributed by atoms with Crippen molar-refractivity contribution in [2.45, 2.75) is 83.8 Å². The first-order valence-corrected chi connectivity index (χ1v) is 10.9. The highest BCUT2D eigenvalue weighted by Gasteiger charge is 2.38. The van der Waals surface area contributed by atoms with E-state index in [9.17, 15) is 0 Å². The highest BCUT2D eigenvalue weighted by atomic mass is 127. The summed E-state index contributed by atoms with van der Waals surface area (Å²) in [5.74, 6) is 1.81. The van der Waals surface area contributed by atoms with E-state index >= 15 is 0 Å². The average molecular weight is 503 g/mol. The summed E-state index contributed by atoms with van der Waals surface area (Å²) >= 11 is 0. The predicted molar refractivity (Wildman–Crippen MR) is 125 cm³/mol. The Morgan fingerprint density at radius 3 is 2.46 bits per heavy atom. The van der Waals surface area contributed by atoms with Crippen molar-refractivity contribution in [1.82, 2.24) is 30.3 Å². The van der Waals surface area contributed by atoms with Crippen molar-refractivity contribution in [2.75, 3.05) is 26.2 Å². The Kier molecular flexibility index (Phi) is 9.98. The molecule has 7 nitrogen and oxygen atoms in total. The summed E-state index contributed by atoms with van der Waals surface area (Å²) in [6, 6.07) is 0. The van der Waals surface area contributed by atoms with Crippen LogP contribution in [0, 0.1) is 0 Å². The average Bonchev–Trinajstić information content (AvgIpc) is 3.19. The van der Waals surface area contributed by atoms with Crippen LogP contribution in [0.2, 0.25) is 0 Å². The van der Waals surface area contributed by atoms with Gasteiger partial charge in [0, 0.05) is 25.2 Å². The molecule has 2 N–H and O–H groups in total. The van der Waals surface area contributed by atoms with Crippen molar-refractivity contribution in [3.63, 3.8) is 0 Å². The third-order valence-corrected chi connectivity index (χ3v) is 6.16. The van der Waals surface area contributed by atoms with Crippen LogP contribution in [0.4, 0.5) is 0 Å². The fraction of sp³-hybridized carbons (Fsp3) is 0.850. The Hall–Kier alpha value is -0.900. The zero-order valence-corrected chi connectivity index (χ0v) is 20.0. The van der Waals surface area contributed by atoms with Crippen molar-refractivity contribution in [1.29, 1.82) is 0 Å². The molecular weight excluding hydrogens is 465 g/mol. The van der Waals surface area contributed by atoms with Crippen molar-refractivity contribution in [3.8, 4) is 0 Å². The van der Waals surface area contributed by atoms with Crippen molar-refractivity contribution >= 4 is 29.9 Å². The van der Waals surface area contributed by atoms with Gasteiger partial charge >= 0.3 is 0 Å². The van der Waals surface area contributed by atoms with E-state index in [1.54, 1.807) is 6.33 Å². The molecule has 0 radical (unpaired) electrons. The van der Waals surface area contributed by atoms with Crippen LogP contribution >= 0.6 is 24.0 Å². The van der Waals surface area contributed by atoms with Crippen molar-refractivity contribution in [3.05, 3.63) is 12.2 Å². The maximum Gasteiger partial charge on any atom is 0.191 e. The molecule has 160 valence electrons. The SMILES string of the molecule is CCNC(=NCc1nncn1CC)NCC1(N2CCCCC2)CCCCC1.I. The maximum absolute atomic E-state index is 4.78. The van der Waals surface area contributed by atoms with Gasteiger partial charge in [0.1, 0.15) is 12.9 Å². The predicted octanol–water partition coefficient (Wildman–Crippen LogP) is 3.16. The lowest BCUT2D eigenvalue weighted by molar-refractivity contribution is 0.0368. The van der Waals surface area contributed by atoms with Crippen LogP contribution in [0.1, 0.15) is 71.0 Å². The van der Waals surface area contributed by atoms with E-state index < -0.39 is 0 Å². The molecule has 1 aromatic rings. The smallest absolute Gasteiger partial charge is 0.191 e. The van der Waals surface area contributed by atoms with E-state index in [0.717, 1.165) is 31.4 Å². The lowest BCUT2D eigenvalue weighted by Gasteiger charge is -2.48. The largest absolute Gasteiger partial charge is 0.357 e. The van der Waals surface area contributed by atoms with E-state index in [1.807, 2.05) is 4.57 Å². The van der Waals surface area contributed by atoms with Gasteiger partial charge in [-0.3, -0.25) is 4.90 Å². The standard InChI is InChI=1S/C20H37N7.HI/c1-3-21-19(22-15-18-25-24-17-26(18)4-2)23-16-20(11-7-5-8-12-20)27-13-9-6-10-14-27;/h17H,3-16H2,1-2H3,(H2,21,22,23);1H. The highest BCUT2D eigenvalue weighted by molar-refractivity contribution is 14.0. The van der Waals surface area contributed by atoms with Crippen LogP contribution in [0.15, 0.2) is 11.3 Å². The second-order valence-corrected chi connectivity index (χ2v) is 7.91. The summed E-state index contributed by atoms with van der Waals surface area (Å²) in [5, 5.41) is 15.3. The number of hydrogen-bond acceptors (Lipinski definition) is 4. The van der Waals surface area contributed by atoms with Gasteiger partial charge in [-0.2, -0.15) is 0 Å². The number of nitrogens with one attached hydrogen (secondary N) is 2. The zero-order chi connectivity index (χ0) is 19.0. The molecule has 28 heavy (non-hydrogen) atoms. The number of aromatic nitrogens is 3. The number of halogens is 1. The third kappa shape index (κ3) is 6.05. The minimum Gasteiger partial charge on any atom is -0.357 e. The number of nitrogens with zero attached hydrogens (tertiary/aromatic N) is 5. The fourth-order valence-electron chi connectivity index (χ4n) is 4.59. The van der Waals surface area contributed by atoms with Gasteiger partial charge in [0.15, 0.2) is 11.8 Å². The van der Waals surface area contributed by atoms with Gasteiger partial charge < -0.3 is 15.2 Å². The summed E-state index contributed by atoms with van der Waals surface area (Å²) in [7, 11) is 0. The third-order valence-electron chi connectivity index (χ3n) is 6.16. The van der Waals surface area contributed by atoms with Gasteiger partial charge in [0.2, 0.25) is 0 Å². The first-order valence-electron chi connectivity index (χ1n) is 10.9. The van der Waals surface area contributed by atoms with Gasteiger partial charge in [0.05, 0.1) is 0 Å². The second-order valence-electron chi connectivity index (χ2n) is 7.91. The Labute approximate surface area is 187 Å². The first-order chi connectivity index (χ1) is 13.3. The van der Waals surface area contributed by atoms with Gasteiger partial charge in [0.25, 0.3) is 0 Å². The molecule has 2 heterocycles. The number of hydrogen-bond donors (Lipinski definition) is 2. The van der Waals surface area contributed by atoms with Crippen molar-refractivity contribution in [2.24, 2.45) is 4.99 Å². The number of guanidine groups is 1. The molecule has 2 fully saturated rings. The van der Waals surface area contributed by atoms with Gasteiger partial charge in [-0.05, 0) is 52.6 Å². The molecule has 0 aromatic carbocycles. The fourth-order valence-corrected chi connectivity index (χ4v) is 4.59. The van der Waals surface area contributed by atoms with Crippen LogP contribution in [-0.4, -0.2) is 57.3 Å².